The fraction of sp³-hybridized carbons (Fsp3) is 0.660. The van der Waals surface area contributed by atoms with Gasteiger partial charge in [0.25, 0.3) is 0 Å². The number of anilines is 1. The van der Waals surface area contributed by atoms with Crippen molar-refractivity contribution in [1.82, 2.24) is 0 Å². The lowest BCUT2D eigenvalue weighted by atomic mass is 10.00. The summed E-state index contributed by atoms with van der Waals surface area (Å²) in [6, 6.07) is 15.1. The largest absolute Gasteiger partial charge is 0.388 e. The summed E-state index contributed by atoms with van der Waals surface area (Å²) in [6.45, 7) is 47.7. The van der Waals surface area contributed by atoms with Gasteiger partial charge in [-0.2, -0.15) is 0 Å². The highest BCUT2D eigenvalue weighted by Crippen LogP contribution is 2.24. The van der Waals surface area contributed by atoms with Crippen molar-refractivity contribution in [2.75, 3.05) is 18.9 Å². The van der Waals surface area contributed by atoms with Gasteiger partial charge in [-0.1, -0.05) is 197 Å². The zero-order valence-electron chi connectivity index (χ0n) is 38.1. The lowest BCUT2D eigenvalue weighted by molar-refractivity contribution is 0.466. The van der Waals surface area contributed by atoms with E-state index in [0.29, 0.717) is 0 Å². The standard InChI is InChI=1S/C18H21N.C9H20.C5H13N.C3H6.6C2H6/c1-13-6-5-7-16(10-13)15(3)12-17-11-14(2)8-9-18(17)19-4;1-4-6-8-9(3)7-5-2;1-5(2)3-4-6;1-3-2;6*1-2/h5-12,19H,1-4H3;9H,4-8H2,1-3H3;5H,3-4,6H2,1-2H3;3H,1H2,2H3;6*1-2H3/b15-12+;;;;;;;;;. The van der Waals surface area contributed by atoms with Crippen LogP contribution in [0.2, 0.25) is 0 Å². The fourth-order valence-corrected chi connectivity index (χ4v) is 3.76. The molecule has 2 rings (SSSR count). The molecule has 0 heterocycles. The van der Waals surface area contributed by atoms with E-state index >= 15 is 0 Å². The molecule has 0 spiro atoms. The third-order valence-electron chi connectivity index (χ3n) is 5.90. The second-order valence-electron chi connectivity index (χ2n) is 10.5. The van der Waals surface area contributed by atoms with E-state index in [1.54, 1.807) is 6.08 Å². The molecule has 0 radical (unpaired) electrons. The van der Waals surface area contributed by atoms with E-state index in [0.717, 1.165) is 30.5 Å². The van der Waals surface area contributed by atoms with Gasteiger partial charge in [0.1, 0.15) is 0 Å². The molecular weight excluding hydrogens is 593 g/mol. The van der Waals surface area contributed by atoms with Crippen molar-refractivity contribution in [3.63, 3.8) is 0 Å². The van der Waals surface area contributed by atoms with Crippen LogP contribution in [0.15, 0.2) is 55.1 Å². The molecule has 49 heavy (non-hydrogen) atoms. The normalized spacial score (nSPS) is 9.18. The van der Waals surface area contributed by atoms with E-state index in [2.05, 4.69) is 116 Å². The number of hydrogen-bond donors (Lipinski definition) is 2. The van der Waals surface area contributed by atoms with Gasteiger partial charge in [0.15, 0.2) is 0 Å². The first kappa shape index (κ1) is 65.1. The number of benzene rings is 2. The second-order valence-corrected chi connectivity index (χ2v) is 10.5. The van der Waals surface area contributed by atoms with Crippen LogP contribution in [-0.2, 0) is 0 Å². The molecule has 0 fully saturated rings. The minimum Gasteiger partial charge on any atom is -0.388 e. The molecule has 0 aliphatic rings. The first-order valence-corrected chi connectivity index (χ1v) is 20.4. The lowest BCUT2D eigenvalue weighted by Gasteiger charge is -2.09. The van der Waals surface area contributed by atoms with Crippen LogP contribution in [0.1, 0.15) is 192 Å². The zero-order valence-corrected chi connectivity index (χ0v) is 38.1. The Labute approximate surface area is 314 Å². The summed E-state index contributed by atoms with van der Waals surface area (Å²) < 4.78 is 0. The number of hydrogen-bond acceptors (Lipinski definition) is 2. The van der Waals surface area contributed by atoms with Gasteiger partial charge in [0.05, 0.1) is 0 Å². The minimum atomic E-state index is 0.773. The lowest BCUT2D eigenvalue weighted by Crippen LogP contribution is -2.01. The Balaban J connectivity index is -0.0000000789. The molecule has 0 bridgehead atoms. The highest BCUT2D eigenvalue weighted by molar-refractivity contribution is 5.84. The van der Waals surface area contributed by atoms with Crippen molar-refractivity contribution < 1.29 is 0 Å². The number of unbranched alkanes of at least 4 members (excludes halogenated alkanes) is 1. The van der Waals surface area contributed by atoms with E-state index in [4.69, 9.17) is 5.73 Å². The maximum Gasteiger partial charge on any atom is 0.0411 e. The van der Waals surface area contributed by atoms with E-state index in [-0.39, 0.29) is 0 Å². The fourth-order valence-electron chi connectivity index (χ4n) is 3.76. The van der Waals surface area contributed by atoms with Crippen molar-refractivity contribution in [3.8, 4) is 0 Å². The average Bonchev–Trinajstić information content (AvgIpc) is 3.13. The van der Waals surface area contributed by atoms with Crippen molar-refractivity contribution in [2.24, 2.45) is 17.6 Å². The third kappa shape index (κ3) is 52.7. The topological polar surface area (TPSA) is 38.0 Å². The van der Waals surface area contributed by atoms with Gasteiger partial charge in [-0.3, -0.25) is 0 Å². The maximum absolute atomic E-state index is 5.23. The summed E-state index contributed by atoms with van der Waals surface area (Å²) >= 11 is 0. The van der Waals surface area contributed by atoms with Gasteiger partial charge in [0, 0.05) is 12.7 Å². The molecule has 2 aromatic carbocycles. The Bertz CT molecular complexity index is 849. The summed E-state index contributed by atoms with van der Waals surface area (Å²) in [5.41, 5.74) is 12.8. The van der Waals surface area contributed by atoms with Crippen molar-refractivity contribution in [1.29, 1.82) is 0 Å². The monoisotopic (exact) mass is 689 g/mol. The Morgan fingerprint density at radius 2 is 1.20 bits per heavy atom. The predicted molar refractivity (Wildman–Crippen MR) is 242 cm³/mol. The van der Waals surface area contributed by atoms with Gasteiger partial charge in [0.2, 0.25) is 0 Å². The van der Waals surface area contributed by atoms with Crippen LogP contribution in [0.4, 0.5) is 5.69 Å². The third-order valence-corrected chi connectivity index (χ3v) is 5.90. The molecule has 1 atom stereocenters. The molecule has 2 heteroatoms. The molecule has 0 saturated carbocycles. The molecule has 294 valence electrons. The highest BCUT2D eigenvalue weighted by atomic mass is 14.8. The minimum absolute atomic E-state index is 0.773. The SMILES string of the molecule is C=CC.CC.CC.CC.CC.CC.CC.CC(C)CCN.CCCCC(C)CCC.CNc1ccc(C)cc1/C=C(\C)c1cccc(C)c1. The summed E-state index contributed by atoms with van der Waals surface area (Å²) in [5, 5.41) is 3.25. The summed E-state index contributed by atoms with van der Waals surface area (Å²) in [7, 11) is 1.96. The van der Waals surface area contributed by atoms with Crippen LogP contribution >= 0.6 is 0 Å². The molecule has 2 aromatic rings. The van der Waals surface area contributed by atoms with Crippen LogP contribution in [-0.4, -0.2) is 13.6 Å². The number of nitrogens with two attached hydrogens (primary N) is 1. The van der Waals surface area contributed by atoms with Crippen LogP contribution < -0.4 is 11.1 Å². The molecule has 2 nitrogen and oxygen atoms in total. The number of nitrogens with one attached hydrogen (secondary N) is 1. The molecule has 0 saturated heterocycles. The first-order chi connectivity index (χ1) is 23.6. The van der Waals surface area contributed by atoms with E-state index in [1.165, 1.54) is 59.9 Å². The zero-order chi connectivity index (χ0) is 40.6. The van der Waals surface area contributed by atoms with Gasteiger partial charge < -0.3 is 11.1 Å². The smallest absolute Gasteiger partial charge is 0.0411 e. The summed E-state index contributed by atoms with van der Waals surface area (Å²) in [6.07, 6.45) is 12.1. The van der Waals surface area contributed by atoms with Gasteiger partial charge in [-0.15, -0.1) is 6.58 Å². The van der Waals surface area contributed by atoms with Crippen LogP contribution in [0.5, 0.6) is 0 Å². The van der Waals surface area contributed by atoms with Crippen LogP contribution in [0.25, 0.3) is 11.6 Å². The molecule has 0 aromatic heterocycles. The van der Waals surface area contributed by atoms with E-state index in [1.807, 2.05) is 97.1 Å². The average molecular weight is 689 g/mol. The quantitative estimate of drug-likeness (QED) is 0.193. The number of rotatable bonds is 10. The maximum atomic E-state index is 5.23. The Kier molecular flexibility index (Phi) is 81.0. The Hall–Kier alpha value is -2.32. The van der Waals surface area contributed by atoms with Crippen LogP contribution in [0, 0.1) is 25.7 Å². The van der Waals surface area contributed by atoms with Gasteiger partial charge >= 0.3 is 0 Å². The van der Waals surface area contributed by atoms with E-state index < -0.39 is 0 Å². The highest BCUT2D eigenvalue weighted by Gasteiger charge is 2.01. The molecule has 0 aliphatic carbocycles. The Morgan fingerprint density at radius 3 is 1.55 bits per heavy atom. The molecule has 3 N–H and O–H groups in total. The first-order valence-electron chi connectivity index (χ1n) is 20.4. The molecule has 0 amide bonds. The second kappa shape index (κ2) is 61.0. The number of aryl methyl sites for hydroxylation is 2. The number of allylic oxidation sites excluding steroid dienone is 2. The molecular formula is C47H96N2. The Morgan fingerprint density at radius 1 is 0.735 bits per heavy atom. The molecule has 1 unspecified atom stereocenters. The van der Waals surface area contributed by atoms with Crippen molar-refractivity contribution >= 4 is 17.3 Å². The van der Waals surface area contributed by atoms with Crippen molar-refractivity contribution in [2.45, 2.75) is 184 Å². The van der Waals surface area contributed by atoms with E-state index in [9.17, 15) is 0 Å². The predicted octanol–water partition coefficient (Wildman–Crippen LogP) is 16.9. The summed E-state index contributed by atoms with van der Waals surface area (Å²) in [5.74, 6) is 1.74. The van der Waals surface area contributed by atoms with Gasteiger partial charge in [-0.05, 0) is 87.4 Å². The van der Waals surface area contributed by atoms with Crippen molar-refractivity contribution in [3.05, 3.63) is 77.4 Å². The molecule has 0 aliphatic heterocycles. The summed E-state index contributed by atoms with van der Waals surface area (Å²) in [4.78, 5) is 0. The van der Waals surface area contributed by atoms with Gasteiger partial charge in [-0.25, -0.2) is 0 Å². The van der Waals surface area contributed by atoms with Crippen LogP contribution in [0.3, 0.4) is 0 Å².